The molecule has 5 heteroatoms. The van der Waals surface area contributed by atoms with Crippen molar-refractivity contribution in [1.82, 2.24) is 4.98 Å². The number of nitrogens with zero attached hydrogens (tertiary/aromatic N) is 1. The molecule has 0 N–H and O–H groups in total. The Morgan fingerprint density at radius 1 is 1.62 bits per heavy atom. The Hall–Kier alpha value is -0.940. The average molecular weight is 286 g/mol. The van der Waals surface area contributed by atoms with Crippen molar-refractivity contribution < 1.29 is 14.3 Å². The summed E-state index contributed by atoms with van der Waals surface area (Å²) in [7, 11) is 0. The van der Waals surface area contributed by atoms with E-state index in [1.807, 2.05) is 0 Å². The first-order valence-corrected chi connectivity index (χ1v) is 5.95. The third kappa shape index (κ3) is 3.02. The number of carbonyl (C=O) groups excluding carboxylic acids is 1. The molecule has 0 saturated carbocycles. The number of ether oxygens (including phenoxy) is 2. The van der Waals surface area contributed by atoms with Gasteiger partial charge in [-0.2, -0.15) is 0 Å². The van der Waals surface area contributed by atoms with Gasteiger partial charge in [-0.15, -0.1) is 0 Å². The standard InChI is InChI=1S/C11H12BrNO3/c12-10-4-3-8(6-13-10)11(14)16-7-9-2-1-5-15-9/h3-4,6,9H,1-2,5,7H2. The first kappa shape index (κ1) is 11.5. The van der Waals surface area contributed by atoms with E-state index in [4.69, 9.17) is 9.47 Å². The van der Waals surface area contributed by atoms with Gasteiger partial charge in [0.2, 0.25) is 0 Å². The van der Waals surface area contributed by atoms with Crippen molar-refractivity contribution in [2.45, 2.75) is 18.9 Å². The molecule has 16 heavy (non-hydrogen) atoms. The van der Waals surface area contributed by atoms with E-state index in [0.717, 1.165) is 19.4 Å². The Balaban J connectivity index is 1.85. The van der Waals surface area contributed by atoms with E-state index in [-0.39, 0.29) is 12.1 Å². The number of carbonyl (C=O) groups is 1. The van der Waals surface area contributed by atoms with Crippen LogP contribution in [0.3, 0.4) is 0 Å². The Morgan fingerprint density at radius 2 is 2.50 bits per heavy atom. The fourth-order valence-corrected chi connectivity index (χ4v) is 1.76. The van der Waals surface area contributed by atoms with Crippen LogP contribution in [0.4, 0.5) is 0 Å². The second-order valence-corrected chi connectivity index (χ2v) is 4.42. The molecule has 1 aliphatic rings. The number of hydrogen-bond donors (Lipinski definition) is 0. The smallest absolute Gasteiger partial charge is 0.339 e. The van der Waals surface area contributed by atoms with Gasteiger partial charge >= 0.3 is 5.97 Å². The summed E-state index contributed by atoms with van der Waals surface area (Å²) in [5.41, 5.74) is 0.459. The molecule has 0 bridgehead atoms. The molecule has 86 valence electrons. The van der Waals surface area contributed by atoms with Gasteiger partial charge in [0.15, 0.2) is 0 Å². The summed E-state index contributed by atoms with van der Waals surface area (Å²) >= 11 is 3.20. The number of esters is 1. The Morgan fingerprint density at radius 3 is 3.12 bits per heavy atom. The van der Waals surface area contributed by atoms with Crippen LogP contribution in [0.2, 0.25) is 0 Å². The molecule has 1 aromatic rings. The van der Waals surface area contributed by atoms with Crippen molar-refractivity contribution in [3.63, 3.8) is 0 Å². The van der Waals surface area contributed by atoms with Crippen LogP contribution in [0.25, 0.3) is 0 Å². The van der Waals surface area contributed by atoms with Crippen LogP contribution in [0.15, 0.2) is 22.9 Å². The van der Waals surface area contributed by atoms with Crippen molar-refractivity contribution >= 4 is 21.9 Å². The third-order valence-electron chi connectivity index (χ3n) is 2.39. The fourth-order valence-electron chi connectivity index (χ4n) is 1.52. The molecule has 0 amide bonds. The summed E-state index contributed by atoms with van der Waals surface area (Å²) < 4.78 is 11.2. The molecule has 1 unspecified atom stereocenters. The predicted octanol–water partition coefficient (Wildman–Crippen LogP) is 2.18. The largest absolute Gasteiger partial charge is 0.459 e. The molecule has 4 nitrogen and oxygen atoms in total. The molecule has 1 saturated heterocycles. The maximum absolute atomic E-state index is 11.6. The van der Waals surface area contributed by atoms with Gasteiger partial charge < -0.3 is 9.47 Å². The van der Waals surface area contributed by atoms with E-state index in [1.165, 1.54) is 6.20 Å². The number of aromatic nitrogens is 1. The number of halogens is 1. The van der Waals surface area contributed by atoms with Crippen LogP contribution >= 0.6 is 15.9 Å². The van der Waals surface area contributed by atoms with Crippen LogP contribution in [-0.2, 0) is 9.47 Å². The zero-order chi connectivity index (χ0) is 11.4. The van der Waals surface area contributed by atoms with Crippen molar-refractivity contribution in [2.24, 2.45) is 0 Å². The van der Waals surface area contributed by atoms with Gasteiger partial charge in [-0.25, -0.2) is 9.78 Å². The highest BCUT2D eigenvalue weighted by Gasteiger charge is 2.18. The van der Waals surface area contributed by atoms with E-state index >= 15 is 0 Å². The molecular formula is C11H12BrNO3. The summed E-state index contributed by atoms with van der Waals surface area (Å²) in [6.07, 6.45) is 3.56. The van der Waals surface area contributed by atoms with Crippen LogP contribution < -0.4 is 0 Å². The van der Waals surface area contributed by atoms with Gasteiger partial charge in [0.25, 0.3) is 0 Å². The van der Waals surface area contributed by atoms with Crippen molar-refractivity contribution in [3.8, 4) is 0 Å². The molecule has 2 rings (SSSR count). The minimum Gasteiger partial charge on any atom is -0.459 e. The second-order valence-electron chi connectivity index (χ2n) is 3.60. The van der Waals surface area contributed by atoms with Gasteiger partial charge in [-0.05, 0) is 40.9 Å². The molecular weight excluding hydrogens is 274 g/mol. The maximum Gasteiger partial charge on any atom is 0.339 e. The highest BCUT2D eigenvalue weighted by Crippen LogP contribution is 2.13. The molecule has 2 heterocycles. The van der Waals surface area contributed by atoms with E-state index in [2.05, 4.69) is 20.9 Å². The number of rotatable bonds is 3. The third-order valence-corrected chi connectivity index (χ3v) is 2.86. The SMILES string of the molecule is O=C(OCC1CCCO1)c1ccc(Br)nc1. The topological polar surface area (TPSA) is 48.4 Å². The van der Waals surface area contributed by atoms with Crippen LogP contribution in [-0.4, -0.2) is 30.3 Å². The van der Waals surface area contributed by atoms with Crippen molar-refractivity contribution in [1.29, 1.82) is 0 Å². The molecule has 0 radical (unpaired) electrons. The first-order chi connectivity index (χ1) is 7.75. The molecule has 1 aliphatic heterocycles. The van der Waals surface area contributed by atoms with E-state index < -0.39 is 0 Å². The lowest BCUT2D eigenvalue weighted by molar-refractivity contribution is 0.0161. The Labute approximate surface area is 102 Å². The first-order valence-electron chi connectivity index (χ1n) is 5.16. The number of hydrogen-bond acceptors (Lipinski definition) is 4. The maximum atomic E-state index is 11.6. The van der Waals surface area contributed by atoms with Crippen LogP contribution in [0, 0.1) is 0 Å². The van der Waals surface area contributed by atoms with Gasteiger partial charge in [-0.1, -0.05) is 0 Å². The van der Waals surface area contributed by atoms with E-state index in [1.54, 1.807) is 12.1 Å². The molecule has 0 aromatic carbocycles. The normalized spacial score (nSPS) is 19.7. The minimum atomic E-state index is -0.351. The van der Waals surface area contributed by atoms with E-state index in [9.17, 15) is 4.79 Å². The van der Waals surface area contributed by atoms with Gasteiger partial charge in [0.1, 0.15) is 11.2 Å². The monoisotopic (exact) mass is 285 g/mol. The predicted molar refractivity (Wildman–Crippen MR) is 61.2 cm³/mol. The lowest BCUT2D eigenvalue weighted by Crippen LogP contribution is -2.17. The van der Waals surface area contributed by atoms with Crippen molar-refractivity contribution in [2.75, 3.05) is 13.2 Å². The molecule has 1 atom stereocenters. The van der Waals surface area contributed by atoms with Gasteiger partial charge in [0.05, 0.1) is 11.7 Å². The van der Waals surface area contributed by atoms with Crippen molar-refractivity contribution in [3.05, 3.63) is 28.5 Å². The zero-order valence-electron chi connectivity index (χ0n) is 8.69. The number of pyridine rings is 1. The lowest BCUT2D eigenvalue weighted by atomic mass is 10.2. The zero-order valence-corrected chi connectivity index (χ0v) is 10.3. The molecule has 0 aliphatic carbocycles. The Kier molecular flexibility index (Phi) is 3.90. The van der Waals surface area contributed by atoms with Gasteiger partial charge in [0, 0.05) is 12.8 Å². The quantitative estimate of drug-likeness (QED) is 0.631. The average Bonchev–Trinajstić information content (AvgIpc) is 2.80. The summed E-state index contributed by atoms with van der Waals surface area (Å²) in [5, 5.41) is 0. The fraction of sp³-hybridized carbons (Fsp3) is 0.455. The van der Waals surface area contributed by atoms with Crippen LogP contribution in [0.1, 0.15) is 23.2 Å². The minimum absolute atomic E-state index is 0.0624. The highest BCUT2D eigenvalue weighted by molar-refractivity contribution is 9.10. The molecule has 1 fully saturated rings. The second kappa shape index (κ2) is 5.41. The summed E-state index contributed by atoms with van der Waals surface area (Å²) in [5.74, 6) is -0.351. The summed E-state index contributed by atoms with van der Waals surface area (Å²) in [6, 6.07) is 3.39. The van der Waals surface area contributed by atoms with E-state index in [0.29, 0.717) is 16.8 Å². The summed E-state index contributed by atoms with van der Waals surface area (Å²) in [6.45, 7) is 1.09. The van der Waals surface area contributed by atoms with Crippen LogP contribution in [0.5, 0.6) is 0 Å². The molecule has 0 spiro atoms. The highest BCUT2D eigenvalue weighted by atomic mass is 79.9. The lowest BCUT2D eigenvalue weighted by Gasteiger charge is -2.09. The summed E-state index contributed by atoms with van der Waals surface area (Å²) in [4.78, 5) is 15.5. The molecule has 1 aromatic heterocycles. The van der Waals surface area contributed by atoms with Gasteiger partial charge in [-0.3, -0.25) is 0 Å². The Bertz CT molecular complexity index is 360.